The van der Waals surface area contributed by atoms with Crippen LogP contribution in [0.5, 0.6) is 0 Å². The largest absolute Gasteiger partial charge is 0.361 e. The van der Waals surface area contributed by atoms with Crippen molar-refractivity contribution in [2.45, 2.75) is 6.42 Å². The summed E-state index contributed by atoms with van der Waals surface area (Å²) in [4.78, 5) is 0. The third kappa shape index (κ3) is 1.85. The van der Waals surface area contributed by atoms with Crippen LogP contribution < -0.4 is 5.73 Å². The minimum absolute atomic E-state index is 0.584. The molecule has 1 heterocycles. The van der Waals surface area contributed by atoms with Gasteiger partial charge in [-0.2, -0.15) is 0 Å². The molecule has 0 unspecified atom stereocenters. The first kappa shape index (κ1) is 6.29. The fraction of sp³-hybridized carbons (Fsp3) is 0.333. The van der Waals surface area contributed by atoms with Gasteiger partial charge >= 0.3 is 0 Å². The summed E-state index contributed by atoms with van der Waals surface area (Å²) < 4.78 is 4.80. The van der Waals surface area contributed by atoms with Crippen molar-refractivity contribution in [2.24, 2.45) is 5.73 Å². The van der Waals surface area contributed by atoms with Gasteiger partial charge in [-0.1, -0.05) is 5.16 Å². The second-order valence-corrected chi connectivity index (χ2v) is 1.71. The second-order valence-electron chi connectivity index (χ2n) is 1.71. The number of nitrogens with zero attached hydrogens (tertiary/aromatic N) is 1. The zero-order chi connectivity index (χ0) is 6.53. The number of rotatable bonds is 3. The lowest BCUT2D eigenvalue weighted by atomic mass is 10.2. The highest BCUT2D eigenvalue weighted by Crippen LogP contribution is 1.98. The SMILES string of the molecule is NC[CH]Cc1ccno1. The Bertz CT molecular complexity index is 148. The van der Waals surface area contributed by atoms with Gasteiger partial charge in [0.2, 0.25) is 0 Å². The topological polar surface area (TPSA) is 52.0 Å². The van der Waals surface area contributed by atoms with E-state index >= 15 is 0 Å². The predicted molar refractivity (Wildman–Crippen MR) is 33.6 cm³/mol. The minimum atomic E-state index is 0.584. The van der Waals surface area contributed by atoms with Crippen molar-refractivity contribution in [1.82, 2.24) is 5.16 Å². The van der Waals surface area contributed by atoms with E-state index < -0.39 is 0 Å². The molecule has 1 radical (unpaired) electrons. The van der Waals surface area contributed by atoms with Crippen molar-refractivity contribution in [1.29, 1.82) is 0 Å². The highest BCUT2D eigenvalue weighted by atomic mass is 16.5. The molecule has 3 heteroatoms. The maximum absolute atomic E-state index is 5.23. The van der Waals surface area contributed by atoms with Crippen LogP contribution in [0.25, 0.3) is 0 Å². The van der Waals surface area contributed by atoms with E-state index in [0.29, 0.717) is 6.54 Å². The van der Waals surface area contributed by atoms with Crippen LogP contribution in [0.2, 0.25) is 0 Å². The van der Waals surface area contributed by atoms with Gasteiger partial charge in [-0.15, -0.1) is 0 Å². The molecule has 0 saturated heterocycles. The van der Waals surface area contributed by atoms with Crippen LogP contribution in [0.4, 0.5) is 0 Å². The summed E-state index contributed by atoms with van der Waals surface area (Å²) in [6.45, 7) is 0.584. The fourth-order valence-corrected chi connectivity index (χ4v) is 0.573. The van der Waals surface area contributed by atoms with Gasteiger partial charge in [-0.3, -0.25) is 0 Å². The normalized spacial score (nSPS) is 9.89. The number of nitrogens with two attached hydrogens (primary N) is 1. The molecule has 2 N–H and O–H groups in total. The molecule has 1 aromatic rings. The Morgan fingerprint density at radius 3 is 3.22 bits per heavy atom. The number of hydrogen-bond acceptors (Lipinski definition) is 3. The van der Waals surface area contributed by atoms with E-state index in [4.69, 9.17) is 10.3 Å². The molecule has 0 fully saturated rings. The molecule has 0 amide bonds. The first-order valence-corrected chi connectivity index (χ1v) is 2.85. The Labute approximate surface area is 53.8 Å². The van der Waals surface area contributed by atoms with Gasteiger partial charge in [0.25, 0.3) is 0 Å². The van der Waals surface area contributed by atoms with E-state index in [1.807, 2.05) is 12.5 Å². The van der Waals surface area contributed by atoms with Gasteiger partial charge in [0.15, 0.2) is 0 Å². The van der Waals surface area contributed by atoms with Crippen LogP contribution >= 0.6 is 0 Å². The molecular weight excluding hydrogens is 116 g/mol. The van der Waals surface area contributed by atoms with Crippen LogP contribution in [-0.2, 0) is 6.42 Å². The highest BCUT2D eigenvalue weighted by Gasteiger charge is 1.93. The molecule has 0 aromatic carbocycles. The Morgan fingerprint density at radius 2 is 2.67 bits per heavy atom. The van der Waals surface area contributed by atoms with Gasteiger partial charge in [-0.05, 0) is 13.0 Å². The zero-order valence-electron chi connectivity index (χ0n) is 5.08. The summed E-state index contributed by atoms with van der Waals surface area (Å²) in [5.41, 5.74) is 5.23. The summed E-state index contributed by atoms with van der Waals surface area (Å²) >= 11 is 0. The molecule has 1 rings (SSSR count). The van der Waals surface area contributed by atoms with Crippen molar-refractivity contribution < 1.29 is 4.52 Å². The van der Waals surface area contributed by atoms with Gasteiger partial charge in [0.1, 0.15) is 5.76 Å². The van der Waals surface area contributed by atoms with Crippen LogP contribution in [0, 0.1) is 6.42 Å². The van der Waals surface area contributed by atoms with E-state index in [9.17, 15) is 0 Å². The first-order valence-electron chi connectivity index (χ1n) is 2.85. The first-order chi connectivity index (χ1) is 4.43. The average Bonchev–Trinajstić information content (AvgIpc) is 2.34. The molecule has 0 atom stereocenters. The second kappa shape index (κ2) is 3.25. The number of hydrogen-bond donors (Lipinski definition) is 1. The third-order valence-electron chi connectivity index (χ3n) is 1.00. The standard InChI is InChI=1S/C6H9N2O/c7-4-1-2-6-3-5-8-9-6/h1,3,5H,2,4,7H2. The average molecular weight is 125 g/mol. The van der Waals surface area contributed by atoms with Crippen LogP contribution in [0.1, 0.15) is 5.76 Å². The fourth-order valence-electron chi connectivity index (χ4n) is 0.573. The van der Waals surface area contributed by atoms with E-state index in [2.05, 4.69) is 5.16 Å². The molecule has 0 aliphatic rings. The predicted octanol–water partition coefficient (Wildman–Crippen LogP) is 0.380. The summed E-state index contributed by atoms with van der Waals surface area (Å²) in [5, 5.41) is 3.54. The van der Waals surface area contributed by atoms with Gasteiger partial charge < -0.3 is 10.3 Å². The van der Waals surface area contributed by atoms with Crippen LogP contribution in [0.15, 0.2) is 16.8 Å². The van der Waals surface area contributed by atoms with Crippen molar-refractivity contribution in [3.05, 3.63) is 24.4 Å². The Kier molecular flexibility index (Phi) is 2.27. The molecule has 0 aliphatic carbocycles. The summed E-state index contributed by atoms with van der Waals surface area (Å²) in [6.07, 6.45) is 4.33. The quantitative estimate of drug-likeness (QED) is 0.635. The molecule has 0 spiro atoms. The van der Waals surface area contributed by atoms with Crippen LogP contribution in [0.3, 0.4) is 0 Å². The van der Waals surface area contributed by atoms with E-state index in [1.165, 1.54) is 0 Å². The molecule has 9 heavy (non-hydrogen) atoms. The Morgan fingerprint density at radius 1 is 1.78 bits per heavy atom. The highest BCUT2D eigenvalue weighted by molar-refractivity contribution is 4.96. The maximum atomic E-state index is 5.23. The van der Waals surface area contributed by atoms with Gasteiger partial charge in [0, 0.05) is 12.5 Å². The lowest BCUT2D eigenvalue weighted by molar-refractivity contribution is 0.388. The lowest BCUT2D eigenvalue weighted by Crippen LogP contribution is -2.00. The van der Waals surface area contributed by atoms with Gasteiger partial charge in [0.05, 0.1) is 6.20 Å². The van der Waals surface area contributed by atoms with Crippen molar-refractivity contribution >= 4 is 0 Å². The molecular formula is C6H9N2O. The Hall–Kier alpha value is -0.830. The molecule has 0 aliphatic heterocycles. The summed E-state index contributed by atoms with van der Waals surface area (Å²) in [7, 11) is 0. The molecule has 0 saturated carbocycles. The minimum Gasteiger partial charge on any atom is -0.361 e. The zero-order valence-corrected chi connectivity index (χ0v) is 5.08. The van der Waals surface area contributed by atoms with Crippen molar-refractivity contribution in [3.8, 4) is 0 Å². The van der Waals surface area contributed by atoms with Crippen LogP contribution in [-0.4, -0.2) is 11.7 Å². The maximum Gasteiger partial charge on any atom is 0.137 e. The third-order valence-corrected chi connectivity index (χ3v) is 1.00. The van der Waals surface area contributed by atoms with E-state index in [-0.39, 0.29) is 0 Å². The van der Waals surface area contributed by atoms with E-state index in [0.717, 1.165) is 12.2 Å². The molecule has 3 nitrogen and oxygen atoms in total. The summed E-state index contributed by atoms with van der Waals surface area (Å²) in [6, 6.07) is 1.83. The van der Waals surface area contributed by atoms with Crippen molar-refractivity contribution in [2.75, 3.05) is 6.54 Å². The molecule has 49 valence electrons. The smallest absolute Gasteiger partial charge is 0.137 e. The summed E-state index contributed by atoms with van der Waals surface area (Å²) in [5.74, 6) is 0.862. The molecule has 0 bridgehead atoms. The van der Waals surface area contributed by atoms with Gasteiger partial charge in [-0.25, -0.2) is 0 Å². The van der Waals surface area contributed by atoms with Crippen molar-refractivity contribution in [3.63, 3.8) is 0 Å². The lowest BCUT2D eigenvalue weighted by Gasteiger charge is -1.88. The number of aromatic nitrogens is 1. The monoisotopic (exact) mass is 125 g/mol. The van der Waals surface area contributed by atoms with E-state index in [1.54, 1.807) is 6.20 Å². The Balaban J connectivity index is 2.30. The molecule has 1 aromatic heterocycles.